The molecule has 4 aliphatic rings. The molecule has 3 unspecified atom stereocenters. The molecule has 230 valence electrons. The zero-order valence-electron chi connectivity index (χ0n) is 27.2. The van der Waals surface area contributed by atoms with Gasteiger partial charge < -0.3 is 8.90 Å². The number of fused-ring (bicyclic) bond motifs is 17. The van der Waals surface area contributed by atoms with E-state index in [1.807, 2.05) is 11.3 Å². The van der Waals surface area contributed by atoms with E-state index in [4.69, 9.17) is 4.42 Å². The number of hydrogen-bond donors (Lipinski definition) is 0. The molecule has 2 nitrogen and oxygen atoms in total. The third kappa shape index (κ3) is 2.81. The number of nitrogens with zero attached hydrogens (tertiary/aromatic N) is 1. The van der Waals surface area contributed by atoms with Crippen molar-refractivity contribution >= 4 is 82.3 Å². The van der Waals surface area contributed by atoms with Crippen LogP contribution in [0.25, 0.3) is 64.3 Å². The summed E-state index contributed by atoms with van der Waals surface area (Å²) in [7, 11) is 0. The third-order valence-corrected chi connectivity index (χ3v) is 14.3. The first kappa shape index (κ1) is 25.9. The van der Waals surface area contributed by atoms with Crippen molar-refractivity contribution in [1.29, 1.82) is 0 Å². The Hall–Kier alpha value is -5.06. The van der Waals surface area contributed by atoms with E-state index in [9.17, 15) is 0 Å². The minimum absolute atomic E-state index is 0.0524. The molecule has 0 amide bonds. The third-order valence-electron chi connectivity index (χ3n) is 13.1. The van der Waals surface area contributed by atoms with Crippen molar-refractivity contribution in [3.8, 4) is 11.1 Å². The largest absolute Gasteiger partial charge is 0.456 e. The van der Waals surface area contributed by atoms with Gasteiger partial charge in [0.25, 0.3) is 0 Å². The molecule has 0 bridgehead atoms. The fourth-order valence-corrected chi connectivity index (χ4v) is 12.7. The second kappa shape index (κ2) is 8.38. The van der Waals surface area contributed by atoms with Gasteiger partial charge in [0.15, 0.2) is 0 Å². The molecule has 0 radical (unpaired) electrons. The summed E-state index contributed by atoms with van der Waals surface area (Å²) in [5, 5.41) is 6.61. The maximum absolute atomic E-state index is 7.03. The standard InChI is InChI=1S/C45H30BNOS/c1-45(2)33-17-6-3-11-23(33)29-21-32-37-27(40(29)45)15-10-18-34(37)46-41-30(22-31-24-12-4-7-19-35(24)48-43(31)39(32)41)25-14-9-16-28-38-26-13-5-8-20-36(26)49-44(38)47(46)42(25)28/h3-20,22,29,32,40H,21H2,1-2H3. The lowest BCUT2D eigenvalue weighted by Gasteiger charge is -2.46. The number of para-hydroxylation sites is 2. The average Bonchev–Trinajstić information content (AvgIpc) is 3.85. The highest BCUT2D eigenvalue weighted by molar-refractivity contribution is 7.26. The summed E-state index contributed by atoms with van der Waals surface area (Å²) in [4.78, 5) is 1.38. The smallest absolute Gasteiger partial charge is 0.330 e. The van der Waals surface area contributed by atoms with Crippen LogP contribution in [0.5, 0.6) is 0 Å². The minimum Gasteiger partial charge on any atom is -0.456 e. The second-order valence-corrected chi connectivity index (χ2v) is 16.5. The highest BCUT2D eigenvalue weighted by atomic mass is 32.1. The lowest BCUT2D eigenvalue weighted by Crippen LogP contribution is -2.58. The lowest BCUT2D eigenvalue weighted by atomic mass is 9.39. The number of furan rings is 1. The summed E-state index contributed by atoms with van der Waals surface area (Å²) in [6, 6.07) is 43.8. The number of hydrogen-bond acceptors (Lipinski definition) is 2. The summed E-state index contributed by atoms with van der Waals surface area (Å²) in [6.45, 7) is 5.07. The highest BCUT2D eigenvalue weighted by Gasteiger charge is 2.55. The molecule has 0 saturated heterocycles. The molecule has 0 spiro atoms. The Morgan fingerprint density at radius 3 is 2.45 bits per heavy atom. The SMILES string of the molecule is CC1(C)c2ccccc2C2CC3c4c(cccc4C21)B1c2c(cc4c(oc5ccccc54)c23)-c2cccc3c4c5ccccc5sc4n1c23. The van der Waals surface area contributed by atoms with Gasteiger partial charge in [-0.3, -0.25) is 0 Å². The number of benzene rings is 6. The number of aromatic nitrogens is 1. The van der Waals surface area contributed by atoms with E-state index in [1.54, 1.807) is 16.7 Å². The van der Waals surface area contributed by atoms with Gasteiger partial charge in [-0.05, 0) is 74.7 Å². The van der Waals surface area contributed by atoms with Crippen molar-refractivity contribution in [1.82, 2.24) is 4.48 Å². The topological polar surface area (TPSA) is 18.1 Å². The summed E-state index contributed by atoms with van der Waals surface area (Å²) in [6.07, 6.45) is 1.10. The van der Waals surface area contributed by atoms with Gasteiger partial charge in [0, 0.05) is 60.1 Å². The van der Waals surface area contributed by atoms with E-state index in [0.29, 0.717) is 11.8 Å². The molecule has 9 aromatic rings. The molecular weight excluding hydrogens is 613 g/mol. The number of rotatable bonds is 0. The van der Waals surface area contributed by atoms with Gasteiger partial charge in [0.1, 0.15) is 11.2 Å². The molecule has 4 heteroatoms. The Balaban J connectivity index is 1.24. The van der Waals surface area contributed by atoms with Gasteiger partial charge in [-0.15, -0.1) is 11.3 Å². The molecule has 5 heterocycles. The molecule has 13 rings (SSSR count). The molecule has 0 N–H and O–H groups in total. The van der Waals surface area contributed by atoms with E-state index in [-0.39, 0.29) is 18.2 Å². The van der Waals surface area contributed by atoms with Crippen LogP contribution >= 0.6 is 11.3 Å². The predicted octanol–water partition coefficient (Wildman–Crippen LogP) is 10.6. The van der Waals surface area contributed by atoms with Gasteiger partial charge in [0.2, 0.25) is 0 Å². The van der Waals surface area contributed by atoms with Crippen molar-refractivity contribution in [3.63, 3.8) is 0 Å². The van der Waals surface area contributed by atoms with Crippen LogP contribution in [0, 0.1) is 0 Å². The summed E-state index contributed by atoms with van der Waals surface area (Å²) in [5.74, 6) is 1.17. The Bertz CT molecular complexity index is 2990. The van der Waals surface area contributed by atoms with Crippen LogP contribution in [0.2, 0.25) is 0 Å². The zero-order valence-corrected chi connectivity index (χ0v) is 28.1. The molecule has 3 atom stereocenters. The molecule has 3 aromatic heterocycles. The van der Waals surface area contributed by atoms with Crippen molar-refractivity contribution in [3.05, 3.63) is 143 Å². The van der Waals surface area contributed by atoms with Gasteiger partial charge in [-0.1, -0.05) is 111 Å². The molecule has 0 fully saturated rings. The zero-order chi connectivity index (χ0) is 31.9. The van der Waals surface area contributed by atoms with Gasteiger partial charge >= 0.3 is 6.85 Å². The monoisotopic (exact) mass is 643 g/mol. The van der Waals surface area contributed by atoms with Crippen LogP contribution in [0.15, 0.2) is 120 Å². The van der Waals surface area contributed by atoms with Crippen molar-refractivity contribution in [2.75, 3.05) is 0 Å². The van der Waals surface area contributed by atoms with Gasteiger partial charge in [-0.2, -0.15) is 0 Å². The van der Waals surface area contributed by atoms with E-state index in [1.165, 1.54) is 75.2 Å². The fourth-order valence-electron chi connectivity index (χ4n) is 11.5. The maximum atomic E-state index is 7.03. The Morgan fingerprint density at radius 2 is 1.51 bits per heavy atom. The normalized spacial score (nSPS) is 20.7. The van der Waals surface area contributed by atoms with Crippen LogP contribution in [-0.2, 0) is 5.41 Å². The molecule has 2 aliphatic carbocycles. The first-order chi connectivity index (χ1) is 24.1. The Morgan fingerprint density at radius 1 is 0.735 bits per heavy atom. The molecule has 49 heavy (non-hydrogen) atoms. The van der Waals surface area contributed by atoms with Crippen LogP contribution < -0.4 is 10.9 Å². The highest BCUT2D eigenvalue weighted by Crippen LogP contribution is 2.63. The fraction of sp³-hybridized carbons (Fsp3) is 0.156. The summed E-state index contributed by atoms with van der Waals surface area (Å²) >= 11 is 1.96. The molecule has 2 aliphatic heterocycles. The summed E-state index contributed by atoms with van der Waals surface area (Å²) in [5.41, 5.74) is 16.8. The maximum Gasteiger partial charge on any atom is 0.330 e. The van der Waals surface area contributed by atoms with E-state index in [2.05, 4.69) is 134 Å². The van der Waals surface area contributed by atoms with Gasteiger partial charge in [-0.25, -0.2) is 0 Å². The molecular formula is C45H30BNOS. The van der Waals surface area contributed by atoms with Crippen molar-refractivity contribution < 1.29 is 4.42 Å². The summed E-state index contributed by atoms with van der Waals surface area (Å²) < 4.78 is 11.1. The van der Waals surface area contributed by atoms with Crippen LogP contribution in [0.4, 0.5) is 0 Å². The van der Waals surface area contributed by atoms with E-state index in [0.717, 1.165) is 17.6 Å². The predicted molar refractivity (Wildman–Crippen MR) is 206 cm³/mol. The molecule has 0 saturated carbocycles. The van der Waals surface area contributed by atoms with Gasteiger partial charge in [0.05, 0.1) is 4.83 Å². The Kier molecular flexibility index (Phi) is 4.43. The lowest BCUT2D eigenvalue weighted by molar-refractivity contribution is 0.358. The number of thiophene rings is 1. The van der Waals surface area contributed by atoms with E-state index >= 15 is 0 Å². The minimum atomic E-state index is 0.0524. The second-order valence-electron chi connectivity index (χ2n) is 15.5. The van der Waals surface area contributed by atoms with Crippen molar-refractivity contribution in [2.45, 2.75) is 43.4 Å². The van der Waals surface area contributed by atoms with E-state index < -0.39 is 0 Å². The Labute approximate surface area is 287 Å². The first-order valence-corrected chi connectivity index (χ1v) is 18.6. The first-order valence-electron chi connectivity index (χ1n) is 17.7. The van der Waals surface area contributed by atoms with Crippen molar-refractivity contribution in [2.24, 2.45) is 0 Å². The van der Waals surface area contributed by atoms with Crippen LogP contribution in [0.3, 0.4) is 0 Å². The quantitative estimate of drug-likeness (QED) is 0.150. The molecule has 6 aromatic carbocycles. The van der Waals surface area contributed by atoms with Crippen LogP contribution in [0.1, 0.15) is 65.8 Å². The average molecular weight is 644 g/mol. The van der Waals surface area contributed by atoms with Crippen LogP contribution in [-0.4, -0.2) is 11.3 Å².